The van der Waals surface area contributed by atoms with Crippen LogP contribution in [0.1, 0.15) is 29.2 Å². The molecule has 0 N–H and O–H groups in total. The quantitative estimate of drug-likeness (QED) is 0.656. The molecule has 0 bridgehead atoms. The van der Waals surface area contributed by atoms with E-state index >= 15 is 0 Å². The van der Waals surface area contributed by atoms with E-state index in [0.29, 0.717) is 0 Å². The van der Waals surface area contributed by atoms with Crippen molar-refractivity contribution in [2.75, 3.05) is 0 Å². The molecule has 0 nitrogen and oxygen atoms in total. The maximum absolute atomic E-state index is 2.35. The first-order chi connectivity index (χ1) is 8.66. The van der Waals surface area contributed by atoms with Crippen molar-refractivity contribution in [3.63, 3.8) is 0 Å². The zero-order valence-corrected chi connectivity index (χ0v) is 11.2. The summed E-state index contributed by atoms with van der Waals surface area (Å²) in [5.41, 5.74) is 9.91. The van der Waals surface area contributed by atoms with E-state index in [1.54, 1.807) is 0 Å². The molecule has 0 atom stereocenters. The highest BCUT2D eigenvalue weighted by molar-refractivity contribution is 5.82. The van der Waals surface area contributed by atoms with E-state index in [0.717, 1.165) is 6.42 Å². The predicted molar refractivity (Wildman–Crippen MR) is 78.7 cm³/mol. The SMILES string of the molecule is CC1=Cc2c(-c3ccccc3C)ccc(C)c2C1. The van der Waals surface area contributed by atoms with Gasteiger partial charge in [0, 0.05) is 0 Å². The van der Waals surface area contributed by atoms with Crippen LogP contribution in [0.15, 0.2) is 42.0 Å². The number of allylic oxidation sites excluding steroid dienone is 1. The lowest BCUT2D eigenvalue weighted by Crippen LogP contribution is -1.93. The lowest BCUT2D eigenvalue weighted by atomic mass is 9.92. The van der Waals surface area contributed by atoms with E-state index in [4.69, 9.17) is 0 Å². The largest absolute Gasteiger partial charge is 0.0683 e. The van der Waals surface area contributed by atoms with Gasteiger partial charge >= 0.3 is 0 Å². The second-order valence-corrected chi connectivity index (χ2v) is 5.30. The van der Waals surface area contributed by atoms with Crippen molar-refractivity contribution in [3.05, 3.63) is 64.2 Å². The summed E-state index contributed by atoms with van der Waals surface area (Å²) >= 11 is 0. The number of hydrogen-bond acceptors (Lipinski definition) is 0. The maximum atomic E-state index is 2.35. The number of benzene rings is 2. The van der Waals surface area contributed by atoms with Crippen molar-refractivity contribution in [2.45, 2.75) is 27.2 Å². The molecule has 2 aromatic carbocycles. The number of rotatable bonds is 1. The van der Waals surface area contributed by atoms with Gasteiger partial charge in [0.1, 0.15) is 0 Å². The van der Waals surface area contributed by atoms with Crippen LogP contribution in [0.4, 0.5) is 0 Å². The molecule has 0 heteroatoms. The van der Waals surface area contributed by atoms with Crippen LogP contribution in [0.2, 0.25) is 0 Å². The second kappa shape index (κ2) is 4.13. The van der Waals surface area contributed by atoms with Gasteiger partial charge in [-0.15, -0.1) is 0 Å². The molecule has 0 radical (unpaired) electrons. The van der Waals surface area contributed by atoms with Gasteiger partial charge in [-0.25, -0.2) is 0 Å². The summed E-state index contributed by atoms with van der Waals surface area (Å²) in [6.45, 7) is 6.63. The lowest BCUT2D eigenvalue weighted by molar-refractivity contribution is 1.16. The maximum Gasteiger partial charge on any atom is -0.00577 e. The summed E-state index contributed by atoms with van der Waals surface area (Å²) in [5, 5.41) is 0. The van der Waals surface area contributed by atoms with Gasteiger partial charge in [0.25, 0.3) is 0 Å². The molecule has 0 aliphatic heterocycles. The number of hydrogen-bond donors (Lipinski definition) is 0. The third kappa shape index (κ3) is 1.69. The zero-order valence-electron chi connectivity index (χ0n) is 11.2. The highest BCUT2D eigenvalue weighted by Gasteiger charge is 2.17. The summed E-state index contributed by atoms with van der Waals surface area (Å²) in [6, 6.07) is 13.2. The average molecular weight is 234 g/mol. The Balaban J connectivity index is 2.27. The van der Waals surface area contributed by atoms with Crippen LogP contribution in [0, 0.1) is 13.8 Å². The minimum atomic E-state index is 1.11. The topological polar surface area (TPSA) is 0 Å². The van der Waals surface area contributed by atoms with Crippen molar-refractivity contribution >= 4 is 6.08 Å². The van der Waals surface area contributed by atoms with E-state index in [1.165, 1.54) is 39.0 Å². The Hall–Kier alpha value is -1.82. The summed E-state index contributed by atoms with van der Waals surface area (Å²) in [5.74, 6) is 0. The van der Waals surface area contributed by atoms with Crippen LogP contribution in [-0.2, 0) is 6.42 Å². The van der Waals surface area contributed by atoms with Gasteiger partial charge in [0.2, 0.25) is 0 Å². The molecule has 0 heterocycles. The van der Waals surface area contributed by atoms with Crippen LogP contribution < -0.4 is 0 Å². The van der Waals surface area contributed by atoms with Gasteiger partial charge in [-0.2, -0.15) is 0 Å². The van der Waals surface area contributed by atoms with Gasteiger partial charge in [0.05, 0.1) is 0 Å². The molecule has 0 saturated carbocycles. The van der Waals surface area contributed by atoms with Crippen molar-refractivity contribution in [3.8, 4) is 11.1 Å². The van der Waals surface area contributed by atoms with Crippen molar-refractivity contribution in [1.29, 1.82) is 0 Å². The molecule has 0 fully saturated rings. The molecular formula is C18H18. The van der Waals surface area contributed by atoms with Crippen molar-refractivity contribution in [1.82, 2.24) is 0 Å². The van der Waals surface area contributed by atoms with Crippen LogP contribution in [-0.4, -0.2) is 0 Å². The van der Waals surface area contributed by atoms with Crippen molar-refractivity contribution in [2.24, 2.45) is 0 Å². The first-order valence-electron chi connectivity index (χ1n) is 6.52. The molecule has 18 heavy (non-hydrogen) atoms. The third-order valence-electron chi connectivity index (χ3n) is 3.87. The van der Waals surface area contributed by atoms with E-state index in [9.17, 15) is 0 Å². The van der Waals surface area contributed by atoms with E-state index in [-0.39, 0.29) is 0 Å². The average Bonchev–Trinajstić information content (AvgIpc) is 2.74. The van der Waals surface area contributed by atoms with E-state index < -0.39 is 0 Å². The predicted octanol–water partition coefficient (Wildman–Crippen LogP) is 4.93. The monoisotopic (exact) mass is 234 g/mol. The fraction of sp³-hybridized carbons (Fsp3) is 0.222. The Kier molecular flexibility index (Phi) is 2.59. The van der Waals surface area contributed by atoms with Crippen LogP contribution in [0.25, 0.3) is 17.2 Å². The molecule has 0 unspecified atom stereocenters. The van der Waals surface area contributed by atoms with Crippen LogP contribution in [0.5, 0.6) is 0 Å². The fourth-order valence-corrected chi connectivity index (χ4v) is 2.86. The third-order valence-corrected chi connectivity index (χ3v) is 3.87. The highest BCUT2D eigenvalue weighted by atomic mass is 14.2. The number of fused-ring (bicyclic) bond motifs is 1. The summed E-state index contributed by atoms with van der Waals surface area (Å²) < 4.78 is 0. The number of aryl methyl sites for hydroxylation is 2. The summed E-state index contributed by atoms with van der Waals surface area (Å²) in [6.07, 6.45) is 3.46. The first-order valence-corrected chi connectivity index (χ1v) is 6.52. The molecule has 0 amide bonds. The molecule has 0 spiro atoms. The highest BCUT2D eigenvalue weighted by Crippen LogP contribution is 2.36. The molecule has 90 valence electrons. The van der Waals surface area contributed by atoms with Gasteiger partial charge < -0.3 is 0 Å². The smallest absolute Gasteiger partial charge is 0.00577 e. The Morgan fingerprint density at radius 1 is 0.778 bits per heavy atom. The Bertz CT molecular complexity index is 645. The van der Waals surface area contributed by atoms with Gasteiger partial charge in [-0.1, -0.05) is 48.0 Å². The Morgan fingerprint density at radius 2 is 1.56 bits per heavy atom. The van der Waals surface area contributed by atoms with Gasteiger partial charge in [-0.3, -0.25) is 0 Å². The first kappa shape index (κ1) is 11.3. The molecule has 3 rings (SSSR count). The Labute approximate surface area is 109 Å². The fourth-order valence-electron chi connectivity index (χ4n) is 2.86. The molecule has 0 aromatic heterocycles. The zero-order chi connectivity index (χ0) is 12.7. The standard InChI is InChI=1S/C18H18/c1-12-10-17-14(3)8-9-16(18(17)11-12)15-7-5-4-6-13(15)2/h4-9,11H,10H2,1-3H3. The minimum Gasteiger partial charge on any atom is -0.0683 e. The molecule has 1 aliphatic rings. The lowest BCUT2D eigenvalue weighted by Gasteiger charge is -2.12. The Morgan fingerprint density at radius 3 is 2.33 bits per heavy atom. The molecule has 0 saturated heterocycles. The summed E-state index contributed by atoms with van der Waals surface area (Å²) in [7, 11) is 0. The van der Waals surface area contributed by atoms with E-state index in [1.807, 2.05) is 0 Å². The van der Waals surface area contributed by atoms with Crippen LogP contribution in [0.3, 0.4) is 0 Å². The molecule has 2 aromatic rings. The van der Waals surface area contributed by atoms with Gasteiger partial charge in [0.15, 0.2) is 0 Å². The van der Waals surface area contributed by atoms with Crippen LogP contribution >= 0.6 is 0 Å². The van der Waals surface area contributed by atoms with E-state index in [2.05, 4.69) is 63.2 Å². The van der Waals surface area contributed by atoms with Crippen molar-refractivity contribution < 1.29 is 0 Å². The molecular weight excluding hydrogens is 216 g/mol. The normalized spacial score (nSPS) is 13.4. The minimum absolute atomic E-state index is 1.11. The summed E-state index contributed by atoms with van der Waals surface area (Å²) in [4.78, 5) is 0. The second-order valence-electron chi connectivity index (χ2n) is 5.30. The van der Waals surface area contributed by atoms with Gasteiger partial charge in [-0.05, 0) is 60.6 Å². The molecule has 1 aliphatic carbocycles.